The van der Waals surface area contributed by atoms with Gasteiger partial charge < -0.3 is 9.47 Å². The van der Waals surface area contributed by atoms with Crippen molar-refractivity contribution in [3.05, 3.63) is 29.1 Å². The Morgan fingerprint density at radius 1 is 1.47 bits per heavy atom. The van der Waals surface area contributed by atoms with E-state index < -0.39 is 23.5 Å². The van der Waals surface area contributed by atoms with Crippen LogP contribution in [0.3, 0.4) is 0 Å². The third-order valence-electron chi connectivity index (χ3n) is 3.26. The quantitative estimate of drug-likeness (QED) is 0.621. The maximum absolute atomic E-state index is 13.8. The summed E-state index contributed by atoms with van der Waals surface area (Å²) in [6, 6.07) is 2.68. The van der Waals surface area contributed by atoms with Gasteiger partial charge in [-0.15, -0.1) is 0 Å². The van der Waals surface area contributed by atoms with Crippen LogP contribution >= 0.6 is 0 Å². The zero-order chi connectivity index (χ0) is 14.0. The number of hydrogen-bond donors (Lipinski definition) is 0. The van der Waals surface area contributed by atoms with Crippen LogP contribution in [0.15, 0.2) is 12.1 Å². The van der Waals surface area contributed by atoms with E-state index in [4.69, 9.17) is 9.47 Å². The van der Waals surface area contributed by atoms with Crippen molar-refractivity contribution in [2.45, 2.75) is 19.8 Å². The molecule has 102 valence electrons. The van der Waals surface area contributed by atoms with Crippen LogP contribution in [-0.2, 0) is 16.0 Å². The van der Waals surface area contributed by atoms with Crippen LogP contribution in [0.4, 0.5) is 4.39 Å². The molecule has 1 aromatic carbocycles. The van der Waals surface area contributed by atoms with E-state index in [-0.39, 0.29) is 12.2 Å². The van der Waals surface area contributed by atoms with Crippen molar-refractivity contribution in [1.29, 1.82) is 0 Å². The molecule has 1 atom stereocenters. The molecule has 0 N–H and O–H groups in total. The van der Waals surface area contributed by atoms with Crippen LogP contribution in [0.25, 0.3) is 0 Å². The second-order valence-electron chi connectivity index (χ2n) is 4.31. The highest BCUT2D eigenvalue weighted by Crippen LogP contribution is 2.34. The minimum absolute atomic E-state index is 0.0383. The van der Waals surface area contributed by atoms with Crippen molar-refractivity contribution in [2.75, 3.05) is 13.7 Å². The number of fused-ring (bicyclic) bond motifs is 1. The van der Waals surface area contributed by atoms with Gasteiger partial charge >= 0.3 is 5.97 Å². The summed E-state index contributed by atoms with van der Waals surface area (Å²) in [6.07, 6.45) is 0.746. The average molecular weight is 266 g/mol. The summed E-state index contributed by atoms with van der Waals surface area (Å²) in [5, 5.41) is 0. The summed E-state index contributed by atoms with van der Waals surface area (Å²) in [5.74, 6) is -2.15. The Labute approximate surface area is 110 Å². The number of ether oxygens (including phenoxy) is 2. The van der Waals surface area contributed by atoms with E-state index in [0.717, 1.165) is 0 Å². The van der Waals surface area contributed by atoms with Crippen molar-refractivity contribution in [1.82, 2.24) is 0 Å². The lowest BCUT2D eigenvalue weighted by molar-refractivity contribution is -0.146. The number of ketones is 1. The predicted molar refractivity (Wildman–Crippen MR) is 65.7 cm³/mol. The first kappa shape index (κ1) is 13.5. The lowest BCUT2D eigenvalue weighted by atomic mass is 9.82. The van der Waals surface area contributed by atoms with E-state index in [2.05, 4.69) is 0 Å². The first-order valence-electron chi connectivity index (χ1n) is 6.16. The predicted octanol–water partition coefficient (Wildman–Crippen LogP) is 2.14. The van der Waals surface area contributed by atoms with Crippen molar-refractivity contribution in [2.24, 2.45) is 5.92 Å². The standard InChI is InChI=1S/C14H15FO4/c1-3-19-14(17)9-5-4-8-11(18-2)7-6-10(15)12(8)13(9)16/h6-7,9H,3-5H2,1-2H3. The van der Waals surface area contributed by atoms with Crippen molar-refractivity contribution in [3.63, 3.8) is 0 Å². The largest absolute Gasteiger partial charge is 0.496 e. The molecular weight excluding hydrogens is 251 g/mol. The molecule has 1 aliphatic carbocycles. The highest BCUT2D eigenvalue weighted by molar-refractivity contribution is 6.10. The lowest BCUT2D eigenvalue weighted by Gasteiger charge is -2.23. The van der Waals surface area contributed by atoms with Gasteiger partial charge in [0.2, 0.25) is 0 Å². The van der Waals surface area contributed by atoms with Crippen molar-refractivity contribution >= 4 is 11.8 Å². The Morgan fingerprint density at radius 2 is 2.21 bits per heavy atom. The van der Waals surface area contributed by atoms with E-state index >= 15 is 0 Å². The number of rotatable bonds is 3. The van der Waals surface area contributed by atoms with Gasteiger partial charge in [-0.1, -0.05) is 0 Å². The molecule has 5 heteroatoms. The van der Waals surface area contributed by atoms with Crippen LogP contribution < -0.4 is 4.74 Å². The van der Waals surface area contributed by atoms with E-state index in [9.17, 15) is 14.0 Å². The molecule has 1 unspecified atom stereocenters. The second-order valence-corrected chi connectivity index (χ2v) is 4.31. The van der Waals surface area contributed by atoms with Gasteiger partial charge in [-0.25, -0.2) is 4.39 Å². The molecule has 0 saturated heterocycles. The van der Waals surface area contributed by atoms with E-state index in [1.54, 1.807) is 6.92 Å². The fraction of sp³-hybridized carbons (Fsp3) is 0.429. The summed E-state index contributed by atoms with van der Waals surface area (Å²) >= 11 is 0. The van der Waals surface area contributed by atoms with Gasteiger partial charge in [-0.2, -0.15) is 0 Å². The first-order chi connectivity index (χ1) is 9.10. The van der Waals surface area contributed by atoms with Gasteiger partial charge in [0, 0.05) is 5.56 Å². The molecule has 19 heavy (non-hydrogen) atoms. The molecule has 0 bridgehead atoms. The lowest BCUT2D eigenvalue weighted by Crippen LogP contribution is -2.32. The molecule has 1 aromatic rings. The van der Waals surface area contributed by atoms with Gasteiger partial charge in [0.15, 0.2) is 5.78 Å². The fourth-order valence-electron chi connectivity index (χ4n) is 2.37. The number of methoxy groups -OCH3 is 1. The number of benzene rings is 1. The number of hydrogen-bond acceptors (Lipinski definition) is 4. The van der Waals surface area contributed by atoms with Gasteiger partial charge in [-0.05, 0) is 31.9 Å². The van der Waals surface area contributed by atoms with E-state index in [1.165, 1.54) is 19.2 Å². The maximum Gasteiger partial charge on any atom is 0.316 e. The highest BCUT2D eigenvalue weighted by atomic mass is 19.1. The first-order valence-corrected chi connectivity index (χ1v) is 6.16. The highest BCUT2D eigenvalue weighted by Gasteiger charge is 2.37. The summed E-state index contributed by atoms with van der Waals surface area (Å²) in [6.45, 7) is 1.87. The van der Waals surface area contributed by atoms with Crippen LogP contribution in [0, 0.1) is 11.7 Å². The molecule has 0 fully saturated rings. The van der Waals surface area contributed by atoms with E-state index in [0.29, 0.717) is 24.2 Å². The smallest absolute Gasteiger partial charge is 0.316 e. The van der Waals surface area contributed by atoms with Gasteiger partial charge in [0.05, 0.1) is 19.3 Å². The molecule has 0 heterocycles. The summed E-state index contributed by atoms with van der Waals surface area (Å²) in [4.78, 5) is 23.9. The van der Waals surface area contributed by atoms with Crippen LogP contribution in [0.5, 0.6) is 5.75 Å². The number of esters is 1. The zero-order valence-electron chi connectivity index (χ0n) is 10.9. The molecule has 0 saturated carbocycles. The Balaban J connectivity index is 2.41. The summed E-state index contributed by atoms with van der Waals surface area (Å²) < 4.78 is 23.8. The molecule has 0 aromatic heterocycles. The third kappa shape index (κ3) is 2.32. The SMILES string of the molecule is CCOC(=O)C1CCc2c(OC)ccc(F)c2C1=O. The molecule has 2 rings (SSSR count). The van der Waals surface area contributed by atoms with Crippen LogP contribution in [0.1, 0.15) is 29.3 Å². The van der Waals surface area contributed by atoms with Crippen molar-refractivity contribution in [3.8, 4) is 5.75 Å². The number of carbonyl (C=O) groups excluding carboxylic acids is 2. The fourth-order valence-corrected chi connectivity index (χ4v) is 2.37. The summed E-state index contributed by atoms with van der Waals surface area (Å²) in [5.41, 5.74) is 0.497. The van der Waals surface area contributed by atoms with Crippen LogP contribution in [-0.4, -0.2) is 25.5 Å². The number of Topliss-reactive ketones (excluding diaryl/α,β-unsaturated/α-hetero) is 1. The third-order valence-corrected chi connectivity index (χ3v) is 3.26. The van der Waals surface area contributed by atoms with Gasteiger partial charge in [-0.3, -0.25) is 9.59 Å². The Morgan fingerprint density at radius 3 is 2.84 bits per heavy atom. The van der Waals surface area contributed by atoms with Crippen LogP contribution in [0.2, 0.25) is 0 Å². The molecule has 0 aliphatic heterocycles. The van der Waals surface area contributed by atoms with E-state index in [1.807, 2.05) is 0 Å². The monoisotopic (exact) mass is 266 g/mol. The molecular formula is C14H15FO4. The van der Waals surface area contributed by atoms with Gasteiger partial charge in [0.1, 0.15) is 17.5 Å². The maximum atomic E-state index is 13.8. The second kappa shape index (κ2) is 5.38. The van der Waals surface area contributed by atoms with Gasteiger partial charge in [0.25, 0.3) is 0 Å². The molecule has 0 amide bonds. The average Bonchev–Trinajstić information content (AvgIpc) is 2.39. The Hall–Kier alpha value is -1.91. The molecule has 0 radical (unpaired) electrons. The topological polar surface area (TPSA) is 52.6 Å². The Kier molecular flexibility index (Phi) is 3.83. The Bertz CT molecular complexity index is 524. The minimum Gasteiger partial charge on any atom is -0.496 e. The summed E-state index contributed by atoms with van der Waals surface area (Å²) in [7, 11) is 1.47. The molecule has 4 nitrogen and oxygen atoms in total. The number of halogens is 1. The van der Waals surface area contributed by atoms with Crippen molar-refractivity contribution < 1.29 is 23.5 Å². The number of carbonyl (C=O) groups is 2. The molecule has 0 spiro atoms. The molecule has 1 aliphatic rings. The minimum atomic E-state index is -0.908. The normalized spacial score (nSPS) is 17.8. The zero-order valence-corrected chi connectivity index (χ0v) is 10.9.